The highest BCUT2D eigenvalue weighted by Crippen LogP contribution is 2.41. The summed E-state index contributed by atoms with van der Waals surface area (Å²) in [5.74, 6) is 1.12. The van der Waals surface area contributed by atoms with E-state index in [0.717, 1.165) is 23.1 Å². The van der Waals surface area contributed by atoms with Crippen LogP contribution in [0.15, 0.2) is 103 Å². The van der Waals surface area contributed by atoms with Crippen LogP contribution in [0.3, 0.4) is 0 Å². The van der Waals surface area contributed by atoms with Gasteiger partial charge in [0.15, 0.2) is 5.78 Å². The summed E-state index contributed by atoms with van der Waals surface area (Å²) in [6, 6.07) is 26.5. The zero-order valence-electron chi connectivity index (χ0n) is 21.8. The van der Waals surface area contributed by atoms with Crippen LogP contribution in [0.25, 0.3) is 0 Å². The van der Waals surface area contributed by atoms with Crippen molar-refractivity contribution in [3.8, 4) is 11.5 Å². The van der Waals surface area contributed by atoms with Crippen LogP contribution in [0.5, 0.6) is 11.5 Å². The minimum Gasteiger partial charge on any atom is -0.534 e. The molecule has 0 heterocycles. The predicted molar refractivity (Wildman–Crippen MR) is 151 cm³/mol. The first-order chi connectivity index (χ1) is 17.1. The summed E-state index contributed by atoms with van der Waals surface area (Å²) in [5, 5.41) is 13.1. The Bertz CT molecular complexity index is 1230. The van der Waals surface area contributed by atoms with Crippen LogP contribution >= 0.6 is 0 Å². The van der Waals surface area contributed by atoms with Crippen LogP contribution in [0.1, 0.15) is 46.1 Å². The third-order valence-electron chi connectivity index (χ3n) is 7.35. The zero-order chi connectivity index (χ0) is 25.9. The quantitative estimate of drug-likeness (QED) is 0.306. The second kappa shape index (κ2) is 10.3. The maximum atomic E-state index is 12.3. The van der Waals surface area contributed by atoms with Crippen molar-refractivity contribution in [3.05, 3.63) is 108 Å². The highest BCUT2D eigenvalue weighted by Gasteiger charge is 2.52. The lowest BCUT2D eigenvalue weighted by molar-refractivity contribution is -0.116. The van der Waals surface area contributed by atoms with Crippen molar-refractivity contribution in [1.29, 1.82) is 0 Å². The van der Waals surface area contributed by atoms with Gasteiger partial charge < -0.3 is 9.53 Å². The van der Waals surface area contributed by atoms with E-state index in [2.05, 4.69) is 75.9 Å². The molecule has 0 unspecified atom stereocenters. The number of hydrogen-bond donors (Lipinski definition) is 1. The van der Waals surface area contributed by atoms with Gasteiger partial charge in [-0.25, -0.2) is 0 Å². The molecule has 0 radical (unpaired) electrons. The zero-order valence-corrected chi connectivity index (χ0v) is 22.8. The molecular weight excluding hydrogens is 460 g/mol. The Balaban J connectivity index is 1.80. The lowest BCUT2D eigenvalue weighted by Gasteiger charge is -2.43. The number of phenols is 1. The van der Waals surface area contributed by atoms with Gasteiger partial charge in [0, 0.05) is 18.4 Å². The van der Waals surface area contributed by atoms with Gasteiger partial charge in [0.05, 0.1) is 0 Å². The summed E-state index contributed by atoms with van der Waals surface area (Å²) >= 11 is 0. The van der Waals surface area contributed by atoms with E-state index in [0.29, 0.717) is 18.6 Å². The van der Waals surface area contributed by atoms with Crippen molar-refractivity contribution in [1.82, 2.24) is 0 Å². The molecule has 3 aromatic carbocycles. The molecule has 0 saturated carbocycles. The second-order valence-electron chi connectivity index (χ2n) is 10.8. The number of allylic oxidation sites excluding steroid dienone is 3. The van der Waals surface area contributed by atoms with Gasteiger partial charge in [0.25, 0.3) is 0 Å². The normalized spacial score (nSPS) is 16.4. The number of Topliss-reactive ketones (excluding diaryl/α,β-unsaturated/α-hetero) is 1. The lowest BCUT2D eigenvalue weighted by atomic mass is 9.82. The molecule has 0 saturated heterocycles. The molecule has 0 fully saturated rings. The van der Waals surface area contributed by atoms with E-state index in [9.17, 15) is 9.90 Å². The summed E-state index contributed by atoms with van der Waals surface area (Å²) in [5.41, 5.74) is 2.51. The van der Waals surface area contributed by atoms with E-state index in [1.807, 2.05) is 37.3 Å². The third kappa shape index (κ3) is 4.96. The highest BCUT2D eigenvalue weighted by atomic mass is 28.4. The minimum atomic E-state index is -2.86. The van der Waals surface area contributed by atoms with E-state index < -0.39 is 8.32 Å². The third-order valence-corrected chi connectivity index (χ3v) is 12.3. The van der Waals surface area contributed by atoms with Crippen LogP contribution in [0, 0.1) is 5.92 Å². The van der Waals surface area contributed by atoms with Crippen LogP contribution in [-0.2, 0) is 11.2 Å². The van der Waals surface area contributed by atoms with Gasteiger partial charge in [0.2, 0.25) is 0 Å². The Morgan fingerprint density at radius 3 is 2.08 bits per heavy atom. The molecule has 36 heavy (non-hydrogen) atoms. The van der Waals surface area contributed by atoms with Crippen molar-refractivity contribution in [2.24, 2.45) is 5.92 Å². The molecule has 0 amide bonds. The number of aromatic hydroxyl groups is 1. The van der Waals surface area contributed by atoms with Crippen molar-refractivity contribution in [3.63, 3.8) is 0 Å². The van der Waals surface area contributed by atoms with Gasteiger partial charge in [-0.1, -0.05) is 106 Å². The van der Waals surface area contributed by atoms with Crippen molar-refractivity contribution in [2.75, 3.05) is 0 Å². The van der Waals surface area contributed by atoms with Crippen LogP contribution < -0.4 is 14.8 Å². The van der Waals surface area contributed by atoms with Gasteiger partial charge in [-0.2, -0.15) is 0 Å². The van der Waals surface area contributed by atoms with Crippen molar-refractivity contribution >= 4 is 24.5 Å². The molecule has 3 aromatic rings. The first kappa shape index (κ1) is 25.7. The molecule has 186 valence electrons. The SMILES string of the molecule is C=C(Cc1c(O)cccc1O[Si](c1ccccc1)(c1ccccc1)C(C)(C)C)[C@@H]1CC=C(C)C(=O)C1. The first-order valence-corrected chi connectivity index (χ1v) is 14.5. The summed E-state index contributed by atoms with van der Waals surface area (Å²) in [7, 11) is -2.86. The maximum absolute atomic E-state index is 12.3. The predicted octanol–water partition coefficient (Wildman–Crippen LogP) is 6.36. The number of ketones is 1. The fourth-order valence-corrected chi connectivity index (χ4v) is 9.68. The summed E-state index contributed by atoms with van der Waals surface area (Å²) in [4.78, 5) is 12.3. The van der Waals surface area contributed by atoms with Gasteiger partial charge in [-0.15, -0.1) is 0 Å². The Morgan fingerprint density at radius 2 is 1.56 bits per heavy atom. The number of rotatable bonds is 7. The summed E-state index contributed by atoms with van der Waals surface area (Å²) < 4.78 is 7.24. The first-order valence-electron chi connectivity index (χ1n) is 12.6. The smallest absolute Gasteiger partial charge is 0.319 e. The molecule has 1 atom stereocenters. The molecule has 3 nitrogen and oxygen atoms in total. The molecule has 4 heteroatoms. The molecule has 0 spiro atoms. The number of benzene rings is 3. The molecule has 4 rings (SSSR count). The standard InChI is InChI=1S/C32H36O3Si/c1-23-19-20-25(22-30(23)34)24(2)21-28-29(33)17-12-18-31(28)35-36(32(3,4)5,26-13-8-6-9-14-26)27-15-10-7-11-16-27/h6-19,25,33H,2,20-22H2,1,3-5H3/t25-/m1/s1. The van der Waals surface area contributed by atoms with E-state index in [-0.39, 0.29) is 22.5 Å². The molecule has 0 bridgehead atoms. The molecule has 1 aliphatic carbocycles. The fourth-order valence-electron chi connectivity index (χ4n) is 5.23. The van der Waals surface area contributed by atoms with E-state index in [1.54, 1.807) is 6.07 Å². The topological polar surface area (TPSA) is 46.5 Å². The molecular formula is C32H36O3Si. The average molecular weight is 497 g/mol. The van der Waals surface area contributed by atoms with E-state index >= 15 is 0 Å². The number of phenolic OH excluding ortho intramolecular Hbond substituents is 1. The largest absolute Gasteiger partial charge is 0.534 e. The molecule has 0 aliphatic heterocycles. The van der Waals surface area contributed by atoms with Crippen LogP contribution in [0.4, 0.5) is 0 Å². The maximum Gasteiger partial charge on any atom is 0.319 e. The number of hydrogen-bond acceptors (Lipinski definition) is 3. The Hall–Kier alpha value is -3.37. The van der Waals surface area contributed by atoms with Crippen LogP contribution in [-0.4, -0.2) is 19.2 Å². The molecule has 1 aliphatic rings. The van der Waals surface area contributed by atoms with E-state index in [4.69, 9.17) is 4.43 Å². The summed E-state index contributed by atoms with van der Waals surface area (Å²) in [6.07, 6.45) is 3.74. The van der Waals surface area contributed by atoms with Crippen LogP contribution in [0.2, 0.25) is 5.04 Å². The highest BCUT2D eigenvalue weighted by molar-refractivity contribution is 7.00. The van der Waals surface area contributed by atoms with Crippen molar-refractivity contribution < 1.29 is 14.3 Å². The van der Waals surface area contributed by atoms with E-state index in [1.165, 1.54) is 10.4 Å². The monoisotopic (exact) mass is 496 g/mol. The van der Waals surface area contributed by atoms with Gasteiger partial charge in [0.1, 0.15) is 11.5 Å². The van der Waals surface area contributed by atoms with Crippen molar-refractivity contribution in [2.45, 2.75) is 52.0 Å². The second-order valence-corrected chi connectivity index (χ2v) is 15.0. The van der Waals surface area contributed by atoms with Gasteiger partial charge >= 0.3 is 8.32 Å². The fraction of sp³-hybridized carbons (Fsp3) is 0.281. The average Bonchev–Trinajstić information content (AvgIpc) is 2.86. The molecule has 1 N–H and O–H groups in total. The Kier molecular flexibility index (Phi) is 7.37. The lowest BCUT2D eigenvalue weighted by Crippen LogP contribution is -2.68. The minimum absolute atomic E-state index is 0.0709. The number of carbonyl (C=O) groups excluding carboxylic acids is 1. The number of carbonyl (C=O) groups is 1. The van der Waals surface area contributed by atoms with Gasteiger partial charge in [-0.3, -0.25) is 4.79 Å². The Labute approximate surface area is 216 Å². The Morgan fingerprint density at radius 1 is 0.972 bits per heavy atom. The van der Waals surface area contributed by atoms with Gasteiger partial charge in [-0.05, 0) is 52.4 Å². The molecule has 0 aromatic heterocycles. The summed E-state index contributed by atoms with van der Waals surface area (Å²) in [6.45, 7) is 12.9.